The maximum Gasteiger partial charge on any atom is 0.349 e. The molecule has 0 saturated carbocycles. The van der Waals surface area contributed by atoms with Crippen LogP contribution in [0.1, 0.15) is 17.3 Å². The summed E-state index contributed by atoms with van der Waals surface area (Å²) in [6.07, 6.45) is 0. The van der Waals surface area contributed by atoms with Crippen molar-refractivity contribution < 1.29 is 14.5 Å². The summed E-state index contributed by atoms with van der Waals surface area (Å²) in [5.74, 6) is -0.683. The SMILES string of the molecule is CCOC(=O)c1c(Nc2ccccc2)sc([N+](=O)[O-])c1N. The Balaban J connectivity index is 2.45. The number of nitrogen functional groups attached to an aromatic ring is 1. The number of carbonyl (C=O) groups excluding carboxylic acids is 1. The van der Waals surface area contributed by atoms with Crippen LogP contribution in [0.15, 0.2) is 30.3 Å². The van der Waals surface area contributed by atoms with E-state index in [0.29, 0.717) is 10.7 Å². The van der Waals surface area contributed by atoms with Gasteiger partial charge in [-0.3, -0.25) is 10.1 Å². The lowest BCUT2D eigenvalue weighted by molar-refractivity contribution is -0.379. The molecule has 110 valence electrons. The van der Waals surface area contributed by atoms with Crippen LogP contribution >= 0.6 is 11.3 Å². The van der Waals surface area contributed by atoms with Gasteiger partial charge in [-0.25, -0.2) is 4.79 Å². The molecule has 0 bridgehead atoms. The fourth-order valence-corrected chi connectivity index (χ4v) is 2.66. The van der Waals surface area contributed by atoms with Gasteiger partial charge in [-0.1, -0.05) is 18.2 Å². The zero-order chi connectivity index (χ0) is 15.4. The standard InChI is InChI=1S/C13H13N3O4S/c1-2-20-13(17)9-10(14)12(16(18)19)21-11(9)15-8-6-4-3-5-7-8/h3-7,15H,2,14H2,1H3. The maximum atomic E-state index is 12.0. The summed E-state index contributed by atoms with van der Waals surface area (Å²) >= 11 is 0.807. The summed E-state index contributed by atoms with van der Waals surface area (Å²) in [5.41, 5.74) is 6.23. The molecule has 21 heavy (non-hydrogen) atoms. The minimum atomic E-state index is -0.683. The number of nitro groups is 1. The van der Waals surface area contributed by atoms with Crippen molar-refractivity contribution in [3.63, 3.8) is 0 Å². The van der Waals surface area contributed by atoms with Gasteiger partial charge in [0.15, 0.2) is 0 Å². The number of anilines is 3. The Morgan fingerprint density at radius 1 is 1.43 bits per heavy atom. The van der Waals surface area contributed by atoms with Crippen molar-refractivity contribution in [3.05, 3.63) is 46.0 Å². The molecule has 1 heterocycles. The molecule has 7 nitrogen and oxygen atoms in total. The predicted molar refractivity (Wildman–Crippen MR) is 81.1 cm³/mol. The average Bonchev–Trinajstić information content (AvgIpc) is 2.77. The van der Waals surface area contributed by atoms with Gasteiger partial charge in [-0.2, -0.15) is 0 Å². The summed E-state index contributed by atoms with van der Waals surface area (Å²) in [7, 11) is 0. The van der Waals surface area contributed by atoms with Crippen LogP contribution in [0.2, 0.25) is 0 Å². The van der Waals surface area contributed by atoms with Crippen molar-refractivity contribution >= 4 is 38.7 Å². The van der Waals surface area contributed by atoms with Crippen LogP contribution in [-0.4, -0.2) is 17.5 Å². The molecular formula is C13H13N3O4S. The van der Waals surface area contributed by atoms with Gasteiger partial charge in [0.25, 0.3) is 0 Å². The Kier molecular flexibility index (Phi) is 4.39. The van der Waals surface area contributed by atoms with E-state index < -0.39 is 10.9 Å². The van der Waals surface area contributed by atoms with Crippen molar-refractivity contribution in [3.8, 4) is 0 Å². The number of rotatable bonds is 5. The summed E-state index contributed by atoms with van der Waals surface area (Å²) < 4.78 is 4.91. The topological polar surface area (TPSA) is 107 Å². The van der Waals surface area contributed by atoms with Gasteiger partial charge in [-0.05, 0) is 30.4 Å². The summed E-state index contributed by atoms with van der Waals surface area (Å²) in [6, 6.07) is 8.99. The molecule has 0 radical (unpaired) electrons. The Morgan fingerprint density at radius 2 is 2.10 bits per heavy atom. The van der Waals surface area contributed by atoms with Crippen LogP contribution in [0, 0.1) is 10.1 Å². The number of carbonyl (C=O) groups is 1. The third-order valence-electron chi connectivity index (χ3n) is 2.60. The number of ether oxygens (including phenoxy) is 1. The first kappa shape index (κ1) is 14.8. The highest BCUT2D eigenvalue weighted by molar-refractivity contribution is 7.20. The molecule has 0 amide bonds. The Morgan fingerprint density at radius 3 is 2.67 bits per heavy atom. The van der Waals surface area contributed by atoms with E-state index in [4.69, 9.17) is 10.5 Å². The molecule has 1 aromatic carbocycles. The van der Waals surface area contributed by atoms with Gasteiger partial charge in [0.1, 0.15) is 16.3 Å². The van der Waals surface area contributed by atoms with Gasteiger partial charge in [0, 0.05) is 5.69 Å². The molecule has 2 aromatic rings. The molecule has 0 atom stereocenters. The molecule has 0 fully saturated rings. The quantitative estimate of drug-likeness (QED) is 0.499. The van der Waals surface area contributed by atoms with E-state index in [9.17, 15) is 14.9 Å². The first-order valence-corrected chi connectivity index (χ1v) is 6.92. The molecule has 2 rings (SSSR count). The number of nitrogens with zero attached hydrogens (tertiary/aromatic N) is 1. The Hall–Kier alpha value is -2.61. The largest absolute Gasteiger partial charge is 0.462 e. The highest BCUT2D eigenvalue weighted by Gasteiger charge is 2.29. The number of para-hydroxylation sites is 1. The van der Waals surface area contributed by atoms with Crippen LogP contribution in [0.3, 0.4) is 0 Å². The third kappa shape index (κ3) is 3.11. The lowest BCUT2D eigenvalue weighted by atomic mass is 10.2. The van der Waals surface area contributed by atoms with Crippen molar-refractivity contribution in [2.24, 2.45) is 0 Å². The molecule has 0 aliphatic rings. The first-order valence-electron chi connectivity index (χ1n) is 6.10. The molecule has 0 spiro atoms. The lowest BCUT2D eigenvalue weighted by Gasteiger charge is -2.06. The average molecular weight is 307 g/mol. The van der Waals surface area contributed by atoms with Crippen molar-refractivity contribution in [2.75, 3.05) is 17.7 Å². The van der Waals surface area contributed by atoms with E-state index in [0.717, 1.165) is 11.3 Å². The molecular weight excluding hydrogens is 294 g/mol. The fourth-order valence-electron chi connectivity index (χ4n) is 1.71. The number of nitrogens with two attached hydrogens (primary N) is 1. The minimum absolute atomic E-state index is 0.00240. The van der Waals surface area contributed by atoms with Gasteiger partial charge in [-0.15, -0.1) is 0 Å². The smallest absolute Gasteiger partial charge is 0.349 e. The number of nitrogens with one attached hydrogen (secondary N) is 1. The van der Waals surface area contributed by atoms with Crippen LogP contribution in [0.5, 0.6) is 0 Å². The van der Waals surface area contributed by atoms with Crippen LogP contribution in [-0.2, 0) is 4.74 Å². The second-order valence-electron chi connectivity index (χ2n) is 3.99. The van der Waals surface area contributed by atoms with Crippen molar-refractivity contribution in [1.29, 1.82) is 0 Å². The van der Waals surface area contributed by atoms with Crippen molar-refractivity contribution in [1.82, 2.24) is 0 Å². The fraction of sp³-hybridized carbons (Fsp3) is 0.154. The molecule has 8 heteroatoms. The van der Waals surface area contributed by atoms with E-state index in [1.807, 2.05) is 6.07 Å². The van der Waals surface area contributed by atoms with Gasteiger partial charge in [0.2, 0.25) is 0 Å². The van der Waals surface area contributed by atoms with Crippen LogP contribution in [0.25, 0.3) is 0 Å². The number of thiophene rings is 1. The van der Waals surface area contributed by atoms with Gasteiger partial charge in [0.05, 0.1) is 11.5 Å². The summed E-state index contributed by atoms with van der Waals surface area (Å²) in [6.45, 7) is 1.81. The molecule has 0 unspecified atom stereocenters. The maximum absolute atomic E-state index is 12.0. The second kappa shape index (κ2) is 6.23. The summed E-state index contributed by atoms with van der Waals surface area (Å²) in [5, 5.41) is 14.0. The van der Waals surface area contributed by atoms with E-state index in [-0.39, 0.29) is 22.9 Å². The molecule has 0 aliphatic carbocycles. The molecule has 3 N–H and O–H groups in total. The van der Waals surface area contributed by atoms with E-state index in [2.05, 4.69) is 5.32 Å². The molecule has 0 saturated heterocycles. The third-order valence-corrected chi connectivity index (χ3v) is 3.68. The van der Waals surface area contributed by atoms with Crippen LogP contribution in [0.4, 0.5) is 21.4 Å². The number of hydrogen-bond donors (Lipinski definition) is 2. The zero-order valence-electron chi connectivity index (χ0n) is 11.2. The van der Waals surface area contributed by atoms with Gasteiger partial charge < -0.3 is 15.8 Å². The highest BCUT2D eigenvalue weighted by atomic mass is 32.1. The van der Waals surface area contributed by atoms with E-state index >= 15 is 0 Å². The van der Waals surface area contributed by atoms with Crippen molar-refractivity contribution in [2.45, 2.75) is 6.92 Å². The predicted octanol–water partition coefficient (Wildman–Crippen LogP) is 3.16. The zero-order valence-corrected chi connectivity index (χ0v) is 12.0. The van der Waals surface area contributed by atoms with E-state index in [1.165, 1.54) is 0 Å². The Bertz CT molecular complexity index is 670. The van der Waals surface area contributed by atoms with Gasteiger partial charge >= 0.3 is 11.0 Å². The number of esters is 1. The summed E-state index contributed by atoms with van der Waals surface area (Å²) in [4.78, 5) is 22.3. The normalized spacial score (nSPS) is 10.1. The van der Waals surface area contributed by atoms with Crippen LogP contribution < -0.4 is 11.1 Å². The van der Waals surface area contributed by atoms with E-state index in [1.54, 1.807) is 31.2 Å². The number of hydrogen-bond acceptors (Lipinski definition) is 7. The minimum Gasteiger partial charge on any atom is -0.462 e. The molecule has 1 aromatic heterocycles. The monoisotopic (exact) mass is 307 g/mol. The Labute approximate surface area is 124 Å². The molecule has 0 aliphatic heterocycles. The highest BCUT2D eigenvalue weighted by Crippen LogP contribution is 2.42. The second-order valence-corrected chi connectivity index (χ2v) is 4.99. The number of benzene rings is 1. The lowest BCUT2D eigenvalue weighted by Crippen LogP contribution is -2.08. The first-order chi connectivity index (χ1) is 10.0.